The van der Waals surface area contributed by atoms with E-state index in [4.69, 9.17) is 15.4 Å². The van der Waals surface area contributed by atoms with E-state index >= 15 is 0 Å². The third kappa shape index (κ3) is 7.71. The number of nitrogens with two attached hydrogens (primary N) is 1. The smallest absolute Gasteiger partial charge is 0.268 e. The molecule has 0 aromatic carbocycles. The number of unbranched alkanes of at least 4 members (excludes halogenated alkanes) is 2. The largest absolute Gasteiger partial charge is 0.756 e. The van der Waals surface area contributed by atoms with Crippen molar-refractivity contribution in [1.82, 2.24) is 4.90 Å². The molecule has 1 heterocycles. The monoisotopic (exact) mass is 353 g/mol. The number of amides is 1. The lowest BCUT2D eigenvalue weighted by atomic mass is 10.1. The maximum absolute atomic E-state index is 12.2. The van der Waals surface area contributed by atoms with Crippen LogP contribution in [0.5, 0.6) is 0 Å². The van der Waals surface area contributed by atoms with Crippen molar-refractivity contribution < 1.29 is 33.5 Å². The van der Waals surface area contributed by atoms with E-state index in [-0.39, 0.29) is 32.1 Å². The fourth-order valence-corrected chi connectivity index (χ4v) is 3.20. The number of carbonyl (C=O) groups excluding carboxylic acids is 1. The number of hydrogen-bond acceptors (Lipinski definition) is 8. The number of carbonyl (C=O) groups is 1. The first-order valence-corrected chi connectivity index (χ1v) is 9.24. The Bertz CT molecular complexity index is 410. The number of aliphatic hydroxyl groups is 2. The number of likely N-dealkylation sites (tertiary alicyclic amines) is 1. The Hall–Kier alpha value is -0.540. The Morgan fingerprint density at radius 1 is 1.35 bits per heavy atom. The van der Waals surface area contributed by atoms with Gasteiger partial charge in [0, 0.05) is 13.0 Å². The van der Waals surface area contributed by atoms with Gasteiger partial charge in [0.25, 0.3) is 7.82 Å². The summed E-state index contributed by atoms with van der Waals surface area (Å²) in [6.45, 7) is -0.328. The minimum atomic E-state index is -4.51. The van der Waals surface area contributed by atoms with Crippen LogP contribution in [0.15, 0.2) is 0 Å². The molecule has 1 fully saturated rings. The van der Waals surface area contributed by atoms with Gasteiger partial charge in [0.05, 0.1) is 32.0 Å². The molecule has 0 saturated carbocycles. The minimum absolute atomic E-state index is 0.135. The van der Waals surface area contributed by atoms with E-state index in [0.717, 1.165) is 12.8 Å². The predicted octanol–water partition coefficient (Wildman–Crippen LogP) is -1.04. The van der Waals surface area contributed by atoms with Crippen molar-refractivity contribution in [2.24, 2.45) is 5.73 Å². The molecular formula is C13H26N2O7P-. The summed E-state index contributed by atoms with van der Waals surface area (Å²) >= 11 is 0. The maximum atomic E-state index is 12.2. The number of β-amino-alcohol motifs (C(OH)–C–C–N with tert-alkyl or cyclic N) is 1. The third-order valence-electron chi connectivity index (χ3n) is 3.57. The summed E-state index contributed by atoms with van der Waals surface area (Å²) in [5, 5.41) is 18.3. The van der Waals surface area contributed by atoms with E-state index in [0.29, 0.717) is 19.4 Å². The van der Waals surface area contributed by atoms with Gasteiger partial charge < -0.3 is 34.8 Å². The van der Waals surface area contributed by atoms with Gasteiger partial charge in [-0.25, -0.2) is 0 Å². The molecule has 0 aromatic heterocycles. The summed E-state index contributed by atoms with van der Waals surface area (Å²) in [5.41, 5.74) is 5.39. The first-order valence-electron chi connectivity index (χ1n) is 7.78. The minimum Gasteiger partial charge on any atom is -0.756 e. The Kier molecular flexibility index (Phi) is 9.23. The topological polar surface area (TPSA) is 145 Å². The lowest BCUT2D eigenvalue weighted by Crippen LogP contribution is -2.38. The van der Waals surface area contributed by atoms with E-state index in [2.05, 4.69) is 4.52 Å². The van der Waals surface area contributed by atoms with Crippen molar-refractivity contribution in [2.45, 2.75) is 44.2 Å². The van der Waals surface area contributed by atoms with Crippen LogP contribution in [0.1, 0.15) is 32.1 Å². The number of hydrogen-bond donors (Lipinski definition) is 3. The fourth-order valence-electron chi connectivity index (χ4n) is 2.46. The molecule has 4 N–H and O–H groups in total. The molecule has 1 rings (SSSR count). The van der Waals surface area contributed by atoms with E-state index in [9.17, 15) is 19.4 Å². The van der Waals surface area contributed by atoms with Crippen molar-refractivity contribution in [3.63, 3.8) is 0 Å². The van der Waals surface area contributed by atoms with Crippen LogP contribution in [-0.2, 0) is 18.4 Å². The SMILES string of the molecule is NCCCCCC(=O)N1C[C@H](O)C[C@H]1COP(=O)([O-])OCCO. The van der Waals surface area contributed by atoms with E-state index in [1.807, 2.05) is 0 Å². The van der Waals surface area contributed by atoms with Gasteiger partial charge in [0.1, 0.15) is 0 Å². The summed E-state index contributed by atoms with van der Waals surface area (Å²) in [6.07, 6.45) is 2.30. The Balaban J connectivity index is 2.45. The van der Waals surface area contributed by atoms with Crippen molar-refractivity contribution in [3.05, 3.63) is 0 Å². The number of nitrogens with zero attached hydrogens (tertiary/aromatic N) is 1. The molecule has 10 heteroatoms. The van der Waals surface area contributed by atoms with E-state index in [1.165, 1.54) is 4.90 Å². The molecule has 0 aliphatic carbocycles. The normalized spacial score (nSPS) is 23.9. The van der Waals surface area contributed by atoms with Gasteiger partial charge in [-0.15, -0.1) is 0 Å². The molecule has 1 unspecified atom stereocenters. The average Bonchev–Trinajstić information content (AvgIpc) is 2.89. The zero-order valence-corrected chi connectivity index (χ0v) is 14.0. The second-order valence-corrected chi connectivity index (χ2v) is 6.90. The highest BCUT2D eigenvalue weighted by molar-refractivity contribution is 7.45. The summed E-state index contributed by atoms with van der Waals surface area (Å²) in [5.74, 6) is -0.135. The molecule has 136 valence electrons. The first-order chi connectivity index (χ1) is 10.9. The fraction of sp³-hybridized carbons (Fsp3) is 0.923. The van der Waals surface area contributed by atoms with Crippen LogP contribution in [0.25, 0.3) is 0 Å². The number of aliphatic hydroxyl groups excluding tert-OH is 2. The van der Waals surface area contributed by atoms with Crippen molar-refractivity contribution in [1.29, 1.82) is 0 Å². The zero-order valence-electron chi connectivity index (χ0n) is 13.1. The molecular weight excluding hydrogens is 327 g/mol. The van der Waals surface area contributed by atoms with Crippen LogP contribution < -0.4 is 10.6 Å². The lowest BCUT2D eigenvalue weighted by molar-refractivity contribution is -0.227. The predicted molar refractivity (Wildman–Crippen MR) is 80.2 cm³/mol. The molecule has 0 spiro atoms. The highest BCUT2D eigenvalue weighted by Crippen LogP contribution is 2.39. The number of phosphoric acid groups is 1. The molecule has 3 atom stereocenters. The van der Waals surface area contributed by atoms with Crippen LogP contribution in [0.4, 0.5) is 0 Å². The summed E-state index contributed by atoms with van der Waals surface area (Å²) in [7, 11) is -4.51. The Morgan fingerprint density at radius 3 is 2.74 bits per heavy atom. The zero-order chi connectivity index (χ0) is 17.3. The maximum Gasteiger partial charge on any atom is 0.268 e. The molecule has 23 heavy (non-hydrogen) atoms. The van der Waals surface area contributed by atoms with Gasteiger partial charge in [0.15, 0.2) is 0 Å². The molecule has 1 amide bonds. The summed E-state index contributed by atoms with van der Waals surface area (Å²) in [6, 6.07) is -0.507. The quantitative estimate of drug-likeness (QED) is 0.315. The van der Waals surface area contributed by atoms with Gasteiger partial charge in [-0.3, -0.25) is 9.36 Å². The summed E-state index contributed by atoms with van der Waals surface area (Å²) in [4.78, 5) is 25.1. The van der Waals surface area contributed by atoms with Gasteiger partial charge in [-0.05, 0) is 25.8 Å². The van der Waals surface area contributed by atoms with Crippen LogP contribution >= 0.6 is 7.82 Å². The van der Waals surface area contributed by atoms with Crippen LogP contribution in [0.2, 0.25) is 0 Å². The molecule has 1 aliphatic rings. The van der Waals surface area contributed by atoms with Crippen LogP contribution in [0.3, 0.4) is 0 Å². The van der Waals surface area contributed by atoms with Gasteiger partial charge in [-0.1, -0.05) is 6.42 Å². The van der Waals surface area contributed by atoms with Crippen LogP contribution in [0, 0.1) is 0 Å². The second-order valence-electron chi connectivity index (χ2n) is 5.49. The van der Waals surface area contributed by atoms with Gasteiger partial charge in [-0.2, -0.15) is 0 Å². The molecule has 0 radical (unpaired) electrons. The molecule has 1 saturated heterocycles. The van der Waals surface area contributed by atoms with Crippen molar-refractivity contribution >= 4 is 13.7 Å². The summed E-state index contributed by atoms with van der Waals surface area (Å²) < 4.78 is 20.6. The van der Waals surface area contributed by atoms with Crippen molar-refractivity contribution in [2.75, 3.05) is 32.9 Å². The highest BCUT2D eigenvalue weighted by atomic mass is 31.2. The molecule has 0 aromatic rings. The third-order valence-corrected chi connectivity index (χ3v) is 4.54. The van der Waals surface area contributed by atoms with Crippen molar-refractivity contribution in [3.8, 4) is 0 Å². The standard InChI is InChI=1S/C13H27N2O7P/c14-5-3-1-2-4-13(18)15-9-12(17)8-11(15)10-22-23(19,20)21-7-6-16/h11-12,16-17H,1-10,14H2,(H,19,20)/p-1/t11-,12+/m0/s1. The Labute approximate surface area is 136 Å². The van der Waals surface area contributed by atoms with E-state index < -0.39 is 26.6 Å². The molecule has 0 bridgehead atoms. The first kappa shape index (κ1) is 20.5. The number of phosphoric ester groups is 1. The van der Waals surface area contributed by atoms with Gasteiger partial charge in [0.2, 0.25) is 5.91 Å². The second kappa shape index (κ2) is 10.4. The number of rotatable bonds is 11. The van der Waals surface area contributed by atoms with Crippen LogP contribution in [-0.4, -0.2) is 66.1 Å². The van der Waals surface area contributed by atoms with Gasteiger partial charge >= 0.3 is 0 Å². The molecule has 9 nitrogen and oxygen atoms in total. The molecule has 1 aliphatic heterocycles. The van der Waals surface area contributed by atoms with E-state index in [1.54, 1.807) is 0 Å². The Morgan fingerprint density at radius 2 is 2.09 bits per heavy atom. The highest BCUT2D eigenvalue weighted by Gasteiger charge is 2.34. The average molecular weight is 353 g/mol. The lowest BCUT2D eigenvalue weighted by Gasteiger charge is -2.28.